The molecular weight excluding hydrogens is 340 g/mol. The van der Waals surface area contributed by atoms with Crippen LogP contribution in [0.15, 0.2) is 60.7 Å². The summed E-state index contributed by atoms with van der Waals surface area (Å²) in [5, 5.41) is 11.2. The number of hydrogen-bond acceptors (Lipinski definition) is 1. The van der Waals surface area contributed by atoms with Crippen LogP contribution in [-0.2, 0) is 10.8 Å². The van der Waals surface area contributed by atoms with E-state index >= 15 is 0 Å². The normalized spacial score (nSPS) is 12.2. The summed E-state index contributed by atoms with van der Waals surface area (Å²) in [6, 6.07) is 21.5. The minimum Gasteiger partial charge on any atom is -0.507 e. The Hall–Kier alpha value is -2.54. The summed E-state index contributed by atoms with van der Waals surface area (Å²) in [4.78, 5) is 0. The minimum atomic E-state index is -0.321. The van der Waals surface area contributed by atoms with Gasteiger partial charge in [0.2, 0.25) is 0 Å². The molecule has 0 radical (unpaired) electrons. The Balaban J connectivity index is 2.29. The molecule has 1 heteroatoms. The van der Waals surface area contributed by atoms with E-state index < -0.39 is 0 Å². The van der Waals surface area contributed by atoms with E-state index in [0.717, 1.165) is 11.1 Å². The number of aryl methyl sites for hydroxylation is 3. The van der Waals surface area contributed by atoms with Crippen molar-refractivity contribution in [2.75, 3.05) is 0 Å². The number of benzene rings is 3. The van der Waals surface area contributed by atoms with Crippen molar-refractivity contribution >= 4 is 0 Å². The van der Waals surface area contributed by atoms with Gasteiger partial charge < -0.3 is 5.11 Å². The summed E-state index contributed by atoms with van der Waals surface area (Å²) >= 11 is 0. The van der Waals surface area contributed by atoms with Gasteiger partial charge in [0, 0.05) is 16.4 Å². The van der Waals surface area contributed by atoms with Gasteiger partial charge >= 0.3 is 0 Å². The van der Waals surface area contributed by atoms with E-state index in [1.807, 2.05) is 13.0 Å². The van der Waals surface area contributed by atoms with Gasteiger partial charge in [-0.2, -0.15) is 0 Å². The lowest BCUT2D eigenvalue weighted by molar-refractivity contribution is 0.441. The van der Waals surface area contributed by atoms with Crippen LogP contribution in [0.1, 0.15) is 66.6 Å². The van der Waals surface area contributed by atoms with Gasteiger partial charge in [0.1, 0.15) is 5.75 Å². The highest BCUT2D eigenvalue weighted by Crippen LogP contribution is 2.46. The van der Waals surface area contributed by atoms with E-state index in [-0.39, 0.29) is 10.8 Å². The molecule has 0 saturated heterocycles. The molecule has 3 rings (SSSR count). The van der Waals surface area contributed by atoms with E-state index in [4.69, 9.17) is 0 Å². The average molecular weight is 373 g/mol. The first kappa shape index (κ1) is 20.2. The summed E-state index contributed by atoms with van der Waals surface area (Å²) in [6.07, 6.45) is 0. The molecule has 0 aliphatic rings. The van der Waals surface area contributed by atoms with Crippen LogP contribution < -0.4 is 0 Å². The zero-order valence-electron chi connectivity index (χ0n) is 18.2. The second-order valence-electron chi connectivity index (χ2n) is 9.14. The molecule has 0 heterocycles. The first-order chi connectivity index (χ1) is 13.0. The fraction of sp³-hybridized carbons (Fsp3) is 0.333. The van der Waals surface area contributed by atoms with Crippen molar-refractivity contribution in [3.63, 3.8) is 0 Å². The molecule has 1 nitrogen and oxygen atoms in total. The Labute approximate surface area is 170 Å². The van der Waals surface area contributed by atoms with Crippen molar-refractivity contribution in [2.24, 2.45) is 0 Å². The molecule has 0 aliphatic heterocycles. The van der Waals surface area contributed by atoms with Crippen LogP contribution in [-0.4, -0.2) is 5.11 Å². The van der Waals surface area contributed by atoms with E-state index in [1.54, 1.807) is 0 Å². The Kier molecular flexibility index (Phi) is 5.14. The quantitative estimate of drug-likeness (QED) is 0.524. The molecule has 28 heavy (non-hydrogen) atoms. The van der Waals surface area contributed by atoms with Crippen molar-refractivity contribution in [1.29, 1.82) is 0 Å². The first-order valence-electron chi connectivity index (χ1n) is 10.0. The van der Waals surface area contributed by atoms with Crippen LogP contribution in [0.4, 0.5) is 0 Å². The second kappa shape index (κ2) is 7.13. The standard InChI is InChI=1S/C27H32O/c1-18-10-8-12-21(16-18)26(4,5)23-15-14-20(3)25(28)24(23)27(6,7)22-13-9-11-19(2)17-22/h8-17,28H,1-7H3. The maximum Gasteiger partial charge on any atom is 0.122 e. The number of phenolic OH excluding ortho intramolecular Hbond substituents is 1. The molecule has 0 unspecified atom stereocenters. The van der Waals surface area contributed by atoms with E-state index in [1.165, 1.54) is 27.8 Å². The molecule has 0 aromatic heterocycles. The van der Waals surface area contributed by atoms with Crippen LogP contribution in [0.5, 0.6) is 5.75 Å². The zero-order valence-corrected chi connectivity index (χ0v) is 18.2. The van der Waals surface area contributed by atoms with E-state index in [2.05, 4.69) is 96.1 Å². The molecule has 0 bridgehead atoms. The molecule has 0 saturated carbocycles. The SMILES string of the molecule is Cc1cccc(C(C)(C)c2ccc(C)c(O)c2C(C)(C)c2cccc(C)c2)c1. The largest absolute Gasteiger partial charge is 0.507 e. The molecular formula is C27H32O. The second-order valence-corrected chi connectivity index (χ2v) is 9.14. The van der Waals surface area contributed by atoms with E-state index in [9.17, 15) is 5.11 Å². The molecule has 1 N–H and O–H groups in total. The fourth-order valence-electron chi connectivity index (χ4n) is 4.22. The molecule has 0 aliphatic carbocycles. The van der Waals surface area contributed by atoms with Crippen LogP contribution in [0, 0.1) is 20.8 Å². The predicted molar refractivity (Wildman–Crippen MR) is 119 cm³/mol. The van der Waals surface area contributed by atoms with Crippen molar-refractivity contribution in [3.8, 4) is 5.75 Å². The monoisotopic (exact) mass is 372 g/mol. The van der Waals surface area contributed by atoms with Crippen LogP contribution in [0.2, 0.25) is 0 Å². The lowest BCUT2D eigenvalue weighted by Gasteiger charge is -2.36. The maximum absolute atomic E-state index is 11.2. The molecule has 0 amide bonds. The molecule has 3 aromatic carbocycles. The Bertz CT molecular complexity index is 1010. The number of phenols is 1. The Morgan fingerprint density at radius 1 is 0.643 bits per heavy atom. The highest BCUT2D eigenvalue weighted by Gasteiger charge is 2.35. The van der Waals surface area contributed by atoms with E-state index in [0.29, 0.717) is 5.75 Å². The summed E-state index contributed by atoms with van der Waals surface area (Å²) in [6.45, 7) is 15.2. The fourth-order valence-corrected chi connectivity index (χ4v) is 4.22. The smallest absolute Gasteiger partial charge is 0.122 e. The van der Waals surface area contributed by atoms with Gasteiger partial charge in [0.15, 0.2) is 0 Å². The molecule has 0 atom stereocenters. The molecule has 0 fully saturated rings. The highest BCUT2D eigenvalue weighted by molar-refractivity contribution is 5.57. The molecule has 0 spiro atoms. The number of aromatic hydroxyl groups is 1. The third-order valence-corrected chi connectivity index (χ3v) is 6.16. The summed E-state index contributed by atoms with van der Waals surface area (Å²) in [5.74, 6) is 0.407. The summed E-state index contributed by atoms with van der Waals surface area (Å²) in [5.41, 5.74) is 7.52. The molecule has 3 aromatic rings. The van der Waals surface area contributed by atoms with Crippen molar-refractivity contribution < 1.29 is 5.11 Å². The van der Waals surface area contributed by atoms with Crippen molar-refractivity contribution in [1.82, 2.24) is 0 Å². The van der Waals surface area contributed by atoms with Gasteiger partial charge in [-0.05, 0) is 43.0 Å². The average Bonchev–Trinajstić information content (AvgIpc) is 2.63. The van der Waals surface area contributed by atoms with Crippen LogP contribution in [0.3, 0.4) is 0 Å². The van der Waals surface area contributed by atoms with Crippen molar-refractivity contribution in [3.05, 3.63) is 99.6 Å². The van der Waals surface area contributed by atoms with Gasteiger partial charge in [-0.15, -0.1) is 0 Å². The summed E-state index contributed by atoms with van der Waals surface area (Å²) in [7, 11) is 0. The third-order valence-electron chi connectivity index (χ3n) is 6.16. The van der Waals surface area contributed by atoms with Gasteiger partial charge in [0.25, 0.3) is 0 Å². The first-order valence-corrected chi connectivity index (χ1v) is 10.0. The Morgan fingerprint density at radius 3 is 1.64 bits per heavy atom. The van der Waals surface area contributed by atoms with Crippen LogP contribution in [0.25, 0.3) is 0 Å². The summed E-state index contributed by atoms with van der Waals surface area (Å²) < 4.78 is 0. The topological polar surface area (TPSA) is 20.2 Å². The number of hydrogen-bond donors (Lipinski definition) is 1. The predicted octanol–water partition coefficient (Wildman–Crippen LogP) is 6.97. The maximum atomic E-state index is 11.2. The minimum absolute atomic E-state index is 0.229. The zero-order chi connectivity index (χ0) is 20.7. The van der Waals surface area contributed by atoms with Gasteiger partial charge in [-0.25, -0.2) is 0 Å². The van der Waals surface area contributed by atoms with Crippen molar-refractivity contribution in [2.45, 2.75) is 59.3 Å². The van der Waals surface area contributed by atoms with Gasteiger partial charge in [0.05, 0.1) is 0 Å². The lowest BCUT2D eigenvalue weighted by atomic mass is 9.67. The third kappa shape index (κ3) is 3.46. The lowest BCUT2D eigenvalue weighted by Crippen LogP contribution is -2.28. The van der Waals surface area contributed by atoms with Crippen LogP contribution >= 0.6 is 0 Å². The van der Waals surface area contributed by atoms with Gasteiger partial charge in [-0.3, -0.25) is 0 Å². The highest BCUT2D eigenvalue weighted by atomic mass is 16.3. The van der Waals surface area contributed by atoms with Gasteiger partial charge in [-0.1, -0.05) is 99.5 Å². The number of rotatable bonds is 4. The Morgan fingerprint density at radius 2 is 1.14 bits per heavy atom. The molecule has 146 valence electrons.